The number of aryl methyl sites for hydroxylation is 1. The fourth-order valence-electron chi connectivity index (χ4n) is 1.42. The van der Waals surface area contributed by atoms with E-state index in [1.165, 1.54) is 0 Å². The van der Waals surface area contributed by atoms with E-state index in [4.69, 9.17) is 15.2 Å². The molecule has 1 heterocycles. The monoisotopic (exact) mass is 230 g/mol. The first kappa shape index (κ1) is 11.3. The number of pyridine rings is 1. The first-order chi connectivity index (χ1) is 8.19. The van der Waals surface area contributed by atoms with Crippen molar-refractivity contribution >= 4 is 5.69 Å². The lowest BCUT2D eigenvalue weighted by molar-refractivity contribution is 0.392. The molecule has 0 saturated carbocycles. The van der Waals surface area contributed by atoms with Crippen LogP contribution in [0.4, 0.5) is 5.69 Å². The maximum absolute atomic E-state index is 5.73. The van der Waals surface area contributed by atoms with Crippen LogP contribution in [0.25, 0.3) is 0 Å². The Hall–Kier alpha value is -2.23. The van der Waals surface area contributed by atoms with Crippen molar-refractivity contribution in [2.75, 3.05) is 12.8 Å². The summed E-state index contributed by atoms with van der Waals surface area (Å²) in [5.41, 5.74) is 7.42. The highest BCUT2D eigenvalue weighted by atomic mass is 16.5. The van der Waals surface area contributed by atoms with Crippen molar-refractivity contribution in [1.29, 1.82) is 0 Å². The van der Waals surface area contributed by atoms with Crippen molar-refractivity contribution in [3.05, 3.63) is 42.1 Å². The molecular weight excluding hydrogens is 216 g/mol. The molecule has 0 spiro atoms. The van der Waals surface area contributed by atoms with Crippen molar-refractivity contribution in [2.45, 2.75) is 6.92 Å². The zero-order chi connectivity index (χ0) is 12.3. The fraction of sp³-hybridized carbons (Fsp3) is 0.154. The molecule has 2 N–H and O–H groups in total. The molecule has 0 unspecified atom stereocenters. The Morgan fingerprint density at radius 2 is 2.00 bits per heavy atom. The molecule has 0 atom stereocenters. The number of hydrogen-bond donors (Lipinski definition) is 1. The normalized spacial score (nSPS) is 10.0. The average Bonchev–Trinajstić information content (AvgIpc) is 2.34. The predicted octanol–water partition coefficient (Wildman–Crippen LogP) is 2.77. The van der Waals surface area contributed by atoms with Gasteiger partial charge in [0.25, 0.3) is 0 Å². The van der Waals surface area contributed by atoms with Gasteiger partial charge in [-0.25, -0.2) is 4.98 Å². The van der Waals surface area contributed by atoms with E-state index in [-0.39, 0.29) is 0 Å². The van der Waals surface area contributed by atoms with E-state index in [1.54, 1.807) is 31.5 Å². The largest absolute Gasteiger partial charge is 0.481 e. The van der Waals surface area contributed by atoms with E-state index in [9.17, 15) is 0 Å². The van der Waals surface area contributed by atoms with Crippen LogP contribution in [0.1, 0.15) is 5.56 Å². The Morgan fingerprint density at radius 3 is 2.76 bits per heavy atom. The van der Waals surface area contributed by atoms with E-state index in [0.29, 0.717) is 17.3 Å². The van der Waals surface area contributed by atoms with Crippen molar-refractivity contribution < 1.29 is 9.47 Å². The van der Waals surface area contributed by atoms with Gasteiger partial charge in [-0.3, -0.25) is 0 Å². The third-order valence-electron chi connectivity index (χ3n) is 2.36. The van der Waals surface area contributed by atoms with Gasteiger partial charge in [-0.15, -0.1) is 0 Å². The van der Waals surface area contributed by atoms with Crippen LogP contribution >= 0.6 is 0 Å². The van der Waals surface area contributed by atoms with Crippen molar-refractivity contribution in [1.82, 2.24) is 4.98 Å². The van der Waals surface area contributed by atoms with Crippen LogP contribution < -0.4 is 15.2 Å². The summed E-state index contributed by atoms with van der Waals surface area (Å²) in [7, 11) is 1.57. The Labute approximate surface area is 100 Å². The van der Waals surface area contributed by atoms with Crippen molar-refractivity contribution in [3.63, 3.8) is 0 Å². The van der Waals surface area contributed by atoms with E-state index in [1.807, 2.05) is 19.1 Å². The van der Waals surface area contributed by atoms with Gasteiger partial charge in [0.1, 0.15) is 11.5 Å². The van der Waals surface area contributed by atoms with Crippen molar-refractivity contribution in [2.24, 2.45) is 0 Å². The number of methoxy groups -OCH3 is 1. The number of hydrogen-bond acceptors (Lipinski definition) is 4. The molecule has 1 aromatic carbocycles. The van der Waals surface area contributed by atoms with E-state index >= 15 is 0 Å². The fourth-order valence-corrected chi connectivity index (χ4v) is 1.42. The first-order valence-corrected chi connectivity index (χ1v) is 5.23. The number of nitrogens with two attached hydrogens (primary N) is 1. The number of nitrogens with zero attached hydrogens (tertiary/aromatic N) is 1. The van der Waals surface area contributed by atoms with Crippen LogP contribution in [0.5, 0.6) is 17.4 Å². The highest BCUT2D eigenvalue weighted by molar-refractivity contribution is 5.49. The molecule has 2 aromatic rings. The zero-order valence-electron chi connectivity index (χ0n) is 9.81. The van der Waals surface area contributed by atoms with E-state index < -0.39 is 0 Å². The Morgan fingerprint density at radius 1 is 1.18 bits per heavy atom. The third-order valence-corrected chi connectivity index (χ3v) is 2.36. The summed E-state index contributed by atoms with van der Waals surface area (Å²) < 4.78 is 10.8. The summed E-state index contributed by atoms with van der Waals surface area (Å²) in [6, 6.07) is 9.05. The zero-order valence-corrected chi connectivity index (χ0v) is 9.81. The minimum absolute atomic E-state index is 0.518. The molecule has 4 heteroatoms. The lowest BCUT2D eigenvalue weighted by atomic mass is 10.2. The van der Waals surface area contributed by atoms with Crippen LogP contribution in [0.2, 0.25) is 0 Å². The number of anilines is 1. The molecular formula is C13H14N2O2. The number of ether oxygens (including phenoxy) is 2. The highest BCUT2D eigenvalue weighted by Gasteiger charge is 2.03. The topological polar surface area (TPSA) is 57.4 Å². The summed E-state index contributed by atoms with van der Waals surface area (Å²) in [4.78, 5) is 4.01. The molecule has 0 aliphatic carbocycles. The van der Waals surface area contributed by atoms with Gasteiger partial charge < -0.3 is 15.2 Å². The molecule has 0 aliphatic heterocycles. The van der Waals surface area contributed by atoms with Gasteiger partial charge in [-0.05, 0) is 24.6 Å². The van der Waals surface area contributed by atoms with Crippen LogP contribution in [0.3, 0.4) is 0 Å². The molecule has 1 aromatic heterocycles. The van der Waals surface area contributed by atoms with Crippen LogP contribution in [-0.4, -0.2) is 12.1 Å². The van der Waals surface area contributed by atoms with E-state index in [2.05, 4.69) is 4.98 Å². The standard InChI is InChI=1S/C13H14N2O2/c1-9-3-4-10(14)7-12(9)17-11-5-6-15-13(8-11)16-2/h3-8H,14H2,1-2H3. The molecule has 0 aliphatic rings. The Kier molecular flexibility index (Phi) is 3.14. The maximum atomic E-state index is 5.73. The minimum Gasteiger partial charge on any atom is -0.481 e. The average molecular weight is 230 g/mol. The molecule has 0 fully saturated rings. The summed E-state index contributed by atoms with van der Waals surface area (Å²) >= 11 is 0. The number of aromatic nitrogens is 1. The molecule has 0 bridgehead atoms. The Bertz CT molecular complexity index is 527. The second-order valence-electron chi connectivity index (χ2n) is 3.66. The van der Waals surface area contributed by atoms with Gasteiger partial charge in [0.15, 0.2) is 0 Å². The number of benzene rings is 1. The van der Waals surface area contributed by atoms with Gasteiger partial charge >= 0.3 is 0 Å². The predicted molar refractivity (Wildman–Crippen MR) is 66.5 cm³/mol. The molecule has 0 saturated heterocycles. The molecule has 0 radical (unpaired) electrons. The third kappa shape index (κ3) is 2.66. The SMILES string of the molecule is COc1cc(Oc2cc(N)ccc2C)ccn1. The Balaban J connectivity index is 2.27. The lowest BCUT2D eigenvalue weighted by Crippen LogP contribution is -1.92. The maximum Gasteiger partial charge on any atom is 0.216 e. The number of rotatable bonds is 3. The molecule has 0 amide bonds. The van der Waals surface area contributed by atoms with Crippen LogP contribution in [-0.2, 0) is 0 Å². The molecule has 88 valence electrons. The van der Waals surface area contributed by atoms with Gasteiger partial charge in [0, 0.05) is 24.0 Å². The van der Waals surface area contributed by atoms with Crippen LogP contribution in [0, 0.1) is 6.92 Å². The molecule has 2 rings (SSSR count). The van der Waals surface area contributed by atoms with Gasteiger partial charge in [0.2, 0.25) is 5.88 Å². The quantitative estimate of drug-likeness (QED) is 0.824. The first-order valence-electron chi connectivity index (χ1n) is 5.23. The molecule has 17 heavy (non-hydrogen) atoms. The summed E-state index contributed by atoms with van der Waals surface area (Å²) in [6.45, 7) is 1.97. The smallest absolute Gasteiger partial charge is 0.216 e. The molecule has 4 nitrogen and oxygen atoms in total. The van der Waals surface area contributed by atoms with E-state index in [0.717, 1.165) is 11.3 Å². The summed E-state index contributed by atoms with van der Waals surface area (Å²) in [6.07, 6.45) is 1.63. The second kappa shape index (κ2) is 4.74. The lowest BCUT2D eigenvalue weighted by Gasteiger charge is -2.09. The summed E-state index contributed by atoms with van der Waals surface area (Å²) in [5, 5.41) is 0. The van der Waals surface area contributed by atoms with Crippen LogP contribution in [0.15, 0.2) is 36.5 Å². The highest BCUT2D eigenvalue weighted by Crippen LogP contribution is 2.28. The van der Waals surface area contributed by atoms with Gasteiger partial charge in [-0.2, -0.15) is 0 Å². The van der Waals surface area contributed by atoms with Gasteiger partial charge in [-0.1, -0.05) is 6.07 Å². The summed E-state index contributed by atoms with van der Waals surface area (Å²) in [5.74, 6) is 1.92. The number of nitrogen functional groups attached to an aromatic ring is 1. The van der Waals surface area contributed by atoms with Gasteiger partial charge in [0.05, 0.1) is 7.11 Å². The van der Waals surface area contributed by atoms with Crippen molar-refractivity contribution in [3.8, 4) is 17.4 Å². The second-order valence-corrected chi connectivity index (χ2v) is 3.66. The minimum atomic E-state index is 0.518.